The fraction of sp³-hybridized carbons (Fsp3) is 1.00. The highest BCUT2D eigenvalue weighted by atomic mass is 28.3. The van der Waals surface area contributed by atoms with Crippen LogP contribution >= 0.6 is 0 Å². The molecule has 0 aliphatic carbocycles. The standard InChI is InChI=1S/C7H20BN2Si/c1-8-11(5,6)10(4)7-9(2)3/h7H2,1-6H3. The van der Waals surface area contributed by atoms with Crippen LogP contribution in [0.4, 0.5) is 0 Å². The quantitative estimate of drug-likeness (QED) is 0.458. The van der Waals surface area contributed by atoms with E-state index in [1.807, 2.05) is 0 Å². The van der Waals surface area contributed by atoms with Gasteiger partial charge in [0, 0.05) is 6.67 Å². The maximum Gasteiger partial charge on any atom is 0.119 e. The van der Waals surface area contributed by atoms with Gasteiger partial charge in [-0.1, -0.05) is 19.9 Å². The molecule has 11 heavy (non-hydrogen) atoms. The van der Waals surface area contributed by atoms with Crippen LogP contribution in [0.15, 0.2) is 0 Å². The summed E-state index contributed by atoms with van der Waals surface area (Å²) in [4.78, 5) is 2.21. The molecule has 0 aliphatic heterocycles. The third-order valence-electron chi connectivity index (χ3n) is 2.19. The topological polar surface area (TPSA) is 6.48 Å². The van der Waals surface area contributed by atoms with Crippen LogP contribution in [0.5, 0.6) is 0 Å². The molecule has 0 saturated carbocycles. The summed E-state index contributed by atoms with van der Waals surface area (Å²) in [5.41, 5.74) is 0. The Bertz CT molecular complexity index is 117. The zero-order valence-electron chi connectivity index (χ0n) is 8.68. The van der Waals surface area contributed by atoms with Gasteiger partial charge in [0.1, 0.15) is 6.87 Å². The highest BCUT2D eigenvalue weighted by Gasteiger charge is 2.23. The Morgan fingerprint density at radius 1 is 1.18 bits per heavy atom. The fourth-order valence-electron chi connectivity index (χ4n) is 0.827. The molecule has 65 valence electrons. The number of rotatable bonds is 4. The summed E-state index contributed by atoms with van der Waals surface area (Å²) >= 11 is 0. The Morgan fingerprint density at radius 3 is 1.91 bits per heavy atom. The van der Waals surface area contributed by atoms with E-state index in [1.54, 1.807) is 0 Å². The van der Waals surface area contributed by atoms with E-state index in [9.17, 15) is 0 Å². The zero-order chi connectivity index (χ0) is 9.07. The van der Waals surface area contributed by atoms with Gasteiger partial charge in [-0.05, 0) is 21.1 Å². The second-order valence-electron chi connectivity index (χ2n) is 3.86. The van der Waals surface area contributed by atoms with Crippen molar-refractivity contribution in [3.63, 3.8) is 0 Å². The van der Waals surface area contributed by atoms with Gasteiger partial charge in [0.05, 0.1) is 8.11 Å². The molecule has 0 amide bonds. The molecule has 0 N–H and O–H groups in total. The van der Waals surface area contributed by atoms with Crippen LogP contribution in [-0.4, -0.2) is 52.3 Å². The van der Waals surface area contributed by atoms with Gasteiger partial charge in [-0.3, -0.25) is 4.90 Å². The minimum absolute atomic E-state index is 1.06. The average Bonchev–Trinajstić information content (AvgIpc) is 1.86. The smallest absolute Gasteiger partial charge is 0.119 e. The maximum absolute atomic E-state index is 2.45. The first-order valence-electron chi connectivity index (χ1n) is 4.06. The molecule has 2 nitrogen and oxygen atoms in total. The summed E-state index contributed by atoms with van der Waals surface area (Å²) in [6, 6.07) is 0. The molecule has 0 aromatic rings. The van der Waals surface area contributed by atoms with E-state index in [0.29, 0.717) is 0 Å². The van der Waals surface area contributed by atoms with Crippen molar-refractivity contribution in [2.75, 3.05) is 27.8 Å². The van der Waals surface area contributed by atoms with Crippen molar-refractivity contribution in [3.8, 4) is 0 Å². The van der Waals surface area contributed by atoms with Gasteiger partial charge in [0.2, 0.25) is 0 Å². The number of hydrogen-bond acceptors (Lipinski definition) is 2. The van der Waals surface area contributed by atoms with Gasteiger partial charge < -0.3 is 4.57 Å². The molecule has 0 bridgehead atoms. The first-order valence-corrected chi connectivity index (χ1v) is 7.09. The molecule has 0 spiro atoms. The molecule has 0 aromatic carbocycles. The van der Waals surface area contributed by atoms with Crippen LogP contribution in [0.25, 0.3) is 0 Å². The Balaban J connectivity index is 3.90. The van der Waals surface area contributed by atoms with Crippen molar-refractivity contribution >= 4 is 15.0 Å². The lowest BCUT2D eigenvalue weighted by Gasteiger charge is -2.34. The lowest BCUT2D eigenvalue weighted by molar-refractivity contribution is 0.294. The van der Waals surface area contributed by atoms with Gasteiger partial charge in [0.25, 0.3) is 0 Å². The van der Waals surface area contributed by atoms with E-state index in [4.69, 9.17) is 0 Å². The van der Waals surface area contributed by atoms with Gasteiger partial charge in [-0.15, -0.1) is 0 Å². The van der Waals surface area contributed by atoms with Crippen LogP contribution in [0.1, 0.15) is 0 Å². The van der Waals surface area contributed by atoms with Crippen molar-refractivity contribution in [2.45, 2.75) is 19.9 Å². The molecular weight excluding hydrogens is 151 g/mol. The van der Waals surface area contributed by atoms with Crippen LogP contribution in [0.2, 0.25) is 19.9 Å². The number of nitrogens with zero attached hydrogens (tertiary/aromatic N) is 2. The number of hydrogen-bond donors (Lipinski definition) is 0. The van der Waals surface area contributed by atoms with Crippen molar-refractivity contribution in [2.24, 2.45) is 0 Å². The van der Waals surface area contributed by atoms with Crippen LogP contribution in [0, 0.1) is 0 Å². The van der Waals surface area contributed by atoms with E-state index in [1.165, 1.54) is 0 Å². The third kappa shape index (κ3) is 3.94. The lowest BCUT2D eigenvalue weighted by atomic mass is 10.2. The van der Waals surface area contributed by atoms with Crippen LogP contribution in [-0.2, 0) is 0 Å². The summed E-state index contributed by atoms with van der Waals surface area (Å²) in [5, 5.41) is 0. The molecule has 0 saturated heterocycles. The first kappa shape index (κ1) is 11.2. The van der Waals surface area contributed by atoms with Crippen molar-refractivity contribution in [3.05, 3.63) is 0 Å². The molecule has 0 atom stereocenters. The fourth-order valence-corrected chi connectivity index (χ4v) is 1.92. The molecule has 0 heterocycles. The Morgan fingerprint density at radius 2 is 1.64 bits per heavy atom. The summed E-state index contributed by atoms with van der Waals surface area (Å²) in [6.07, 6.45) is 0. The molecule has 0 unspecified atom stereocenters. The highest BCUT2D eigenvalue weighted by Crippen LogP contribution is 2.04. The summed E-state index contributed by atoms with van der Waals surface area (Å²) in [6.45, 7) is 10.3. The molecule has 0 aromatic heterocycles. The Hall–Kier alpha value is 0.202. The predicted molar refractivity (Wildman–Crippen MR) is 55.4 cm³/mol. The van der Waals surface area contributed by atoms with Crippen molar-refractivity contribution < 1.29 is 0 Å². The molecule has 1 radical (unpaired) electrons. The predicted octanol–water partition coefficient (Wildman–Crippen LogP) is 0.891. The van der Waals surface area contributed by atoms with Gasteiger partial charge in [-0.2, -0.15) is 0 Å². The minimum atomic E-state index is -1.18. The van der Waals surface area contributed by atoms with Gasteiger partial charge in [0.15, 0.2) is 0 Å². The SMILES string of the molecule is C[B][Si](C)(C)N(C)CN(C)C. The van der Waals surface area contributed by atoms with E-state index in [-0.39, 0.29) is 0 Å². The average molecular weight is 171 g/mol. The first-order chi connectivity index (χ1) is 4.90. The van der Waals surface area contributed by atoms with Crippen molar-refractivity contribution in [1.29, 1.82) is 0 Å². The second kappa shape index (κ2) is 4.28. The zero-order valence-corrected chi connectivity index (χ0v) is 9.68. The molecule has 0 aliphatic rings. The normalized spacial score (nSPS) is 12.7. The molecular formula is C7H20BN2Si. The van der Waals surface area contributed by atoms with Crippen LogP contribution in [0.3, 0.4) is 0 Å². The van der Waals surface area contributed by atoms with E-state index >= 15 is 0 Å². The van der Waals surface area contributed by atoms with E-state index in [0.717, 1.165) is 6.67 Å². The summed E-state index contributed by atoms with van der Waals surface area (Å²) in [5.74, 6) is 0. The van der Waals surface area contributed by atoms with E-state index in [2.05, 4.69) is 57.4 Å². The van der Waals surface area contributed by atoms with Gasteiger partial charge in [-0.25, -0.2) is 0 Å². The molecule has 0 fully saturated rings. The maximum atomic E-state index is 2.45. The summed E-state index contributed by atoms with van der Waals surface area (Å²) in [7, 11) is 5.24. The van der Waals surface area contributed by atoms with E-state index < -0.39 is 8.11 Å². The second-order valence-corrected chi connectivity index (χ2v) is 8.51. The highest BCUT2D eigenvalue weighted by molar-refractivity contribution is 7.21. The Kier molecular flexibility index (Phi) is 4.36. The monoisotopic (exact) mass is 171 g/mol. The Labute approximate surface area is 72.8 Å². The lowest BCUT2D eigenvalue weighted by Crippen LogP contribution is -2.53. The molecule has 4 heteroatoms. The van der Waals surface area contributed by atoms with Crippen LogP contribution < -0.4 is 0 Å². The minimum Gasteiger partial charge on any atom is -0.321 e. The third-order valence-corrected chi connectivity index (χ3v) is 5.71. The van der Waals surface area contributed by atoms with Gasteiger partial charge >= 0.3 is 0 Å². The largest absolute Gasteiger partial charge is 0.321 e. The molecule has 0 rings (SSSR count). The van der Waals surface area contributed by atoms with Crippen molar-refractivity contribution in [1.82, 2.24) is 9.47 Å². The summed E-state index contributed by atoms with van der Waals surface area (Å²) < 4.78 is 2.45.